The van der Waals surface area contributed by atoms with Crippen LogP contribution in [0.3, 0.4) is 0 Å². The third-order valence-corrected chi connectivity index (χ3v) is 3.11. The van der Waals surface area contributed by atoms with Crippen LogP contribution in [0.2, 0.25) is 0 Å². The predicted molar refractivity (Wildman–Crippen MR) is 70.1 cm³/mol. The minimum Gasteiger partial charge on any atom is -0.480 e. The van der Waals surface area contributed by atoms with Crippen LogP contribution in [-0.4, -0.2) is 41.8 Å². The largest absolute Gasteiger partial charge is 0.480 e. The molecule has 2 amide bonds. The third-order valence-electron chi connectivity index (χ3n) is 2.22. The monoisotopic (exact) mass is 287 g/mol. The number of aromatic nitrogens is 1. The van der Waals surface area contributed by atoms with Crippen LogP contribution in [0.5, 0.6) is 0 Å². The van der Waals surface area contributed by atoms with Crippen molar-refractivity contribution in [3.8, 4) is 0 Å². The van der Waals surface area contributed by atoms with Crippen LogP contribution in [0.1, 0.15) is 24.4 Å². The van der Waals surface area contributed by atoms with Crippen molar-refractivity contribution in [2.75, 3.05) is 19.8 Å². The molecule has 0 aliphatic carbocycles. The topological polar surface area (TPSA) is 101 Å². The van der Waals surface area contributed by atoms with Crippen LogP contribution in [0.4, 0.5) is 4.79 Å². The van der Waals surface area contributed by atoms with Gasteiger partial charge in [-0.05, 0) is 6.42 Å². The van der Waals surface area contributed by atoms with E-state index in [2.05, 4.69) is 15.6 Å². The van der Waals surface area contributed by atoms with Crippen molar-refractivity contribution in [3.63, 3.8) is 0 Å². The number of ether oxygens (including phenoxy) is 1. The summed E-state index contributed by atoms with van der Waals surface area (Å²) in [5.74, 6) is -1.03. The summed E-state index contributed by atoms with van der Waals surface area (Å²) in [5, 5.41) is 16.5. The zero-order valence-electron chi connectivity index (χ0n) is 10.6. The number of thiazole rings is 1. The van der Waals surface area contributed by atoms with E-state index in [1.807, 2.05) is 12.3 Å². The Kier molecular flexibility index (Phi) is 6.83. The number of hydrogen-bond donors (Lipinski definition) is 3. The zero-order chi connectivity index (χ0) is 14.1. The van der Waals surface area contributed by atoms with E-state index in [1.165, 1.54) is 11.3 Å². The van der Waals surface area contributed by atoms with Crippen LogP contribution >= 0.6 is 11.3 Å². The normalized spacial score (nSPS) is 11.8. The first kappa shape index (κ1) is 15.4. The van der Waals surface area contributed by atoms with E-state index in [1.54, 1.807) is 6.20 Å². The molecule has 0 spiro atoms. The fraction of sp³-hybridized carbons (Fsp3) is 0.545. The van der Waals surface area contributed by atoms with Gasteiger partial charge in [-0.25, -0.2) is 14.6 Å². The summed E-state index contributed by atoms with van der Waals surface area (Å²) in [7, 11) is 0. The lowest BCUT2D eigenvalue weighted by Crippen LogP contribution is -2.39. The second kappa shape index (κ2) is 8.44. The zero-order valence-corrected chi connectivity index (χ0v) is 11.4. The lowest BCUT2D eigenvalue weighted by Gasteiger charge is -2.15. The van der Waals surface area contributed by atoms with Crippen LogP contribution in [-0.2, 0) is 9.53 Å². The molecule has 8 heteroatoms. The van der Waals surface area contributed by atoms with E-state index in [0.717, 1.165) is 11.4 Å². The van der Waals surface area contributed by atoms with Crippen LogP contribution < -0.4 is 10.6 Å². The van der Waals surface area contributed by atoms with E-state index in [-0.39, 0.29) is 31.8 Å². The number of carbonyl (C=O) groups is 2. The molecule has 1 aromatic rings. The molecular weight excluding hydrogens is 270 g/mol. The van der Waals surface area contributed by atoms with Crippen molar-refractivity contribution >= 4 is 23.3 Å². The predicted octanol–water partition coefficient (Wildman–Crippen LogP) is 0.995. The van der Waals surface area contributed by atoms with E-state index >= 15 is 0 Å². The highest BCUT2D eigenvalue weighted by Gasteiger charge is 2.14. The molecule has 0 radical (unpaired) electrons. The van der Waals surface area contributed by atoms with Crippen molar-refractivity contribution in [2.24, 2.45) is 0 Å². The molecule has 0 aromatic carbocycles. The van der Waals surface area contributed by atoms with Gasteiger partial charge in [0.25, 0.3) is 0 Å². The maximum Gasteiger partial charge on any atom is 0.329 e. The summed E-state index contributed by atoms with van der Waals surface area (Å²) in [5.41, 5.74) is 0. The van der Waals surface area contributed by atoms with Gasteiger partial charge in [-0.1, -0.05) is 6.92 Å². The van der Waals surface area contributed by atoms with E-state index in [4.69, 9.17) is 9.84 Å². The maximum absolute atomic E-state index is 11.6. The number of carboxylic acid groups (broad SMARTS) is 1. The van der Waals surface area contributed by atoms with Crippen molar-refractivity contribution in [1.29, 1.82) is 0 Å². The van der Waals surface area contributed by atoms with Gasteiger partial charge in [-0.15, -0.1) is 11.3 Å². The van der Waals surface area contributed by atoms with Gasteiger partial charge >= 0.3 is 12.0 Å². The Morgan fingerprint density at radius 1 is 1.58 bits per heavy atom. The van der Waals surface area contributed by atoms with Gasteiger partial charge in [-0.3, -0.25) is 0 Å². The average Bonchev–Trinajstić information content (AvgIpc) is 2.88. The van der Waals surface area contributed by atoms with Crippen molar-refractivity contribution in [3.05, 3.63) is 16.6 Å². The number of urea groups is 1. The Morgan fingerprint density at radius 3 is 2.95 bits per heavy atom. The average molecular weight is 287 g/mol. The fourth-order valence-corrected chi connectivity index (χ4v) is 2.12. The molecule has 1 unspecified atom stereocenters. The van der Waals surface area contributed by atoms with Gasteiger partial charge in [0.15, 0.2) is 0 Å². The number of carboxylic acids is 1. The number of amides is 2. The Labute approximate surface area is 115 Å². The second-order valence-electron chi connectivity index (χ2n) is 3.68. The molecule has 3 N–H and O–H groups in total. The fourth-order valence-electron chi connectivity index (χ4n) is 1.35. The standard InChI is InChI=1S/C11H17N3O4S/c1-2-8(10-12-4-6-19-10)14-11(17)13-3-5-18-7-9(15)16/h4,6,8H,2-3,5,7H2,1H3,(H,15,16)(H2,13,14,17). The molecule has 0 saturated carbocycles. The highest BCUT2D eigenvalue weighted by molar-refractivity contribution is 7.09. The molecule has 106 valence electrons. The van der Waals surface area contributed by atoms with Crippen molar-refractivity contribution < 1.29 is 19.4 Å². The minimum atomic E-state index is -1.03. The van der Waals surface area contributed by atoms with Crippen LogP contribution in [0, 0.1) is 0 Å². The Balaban J connectivity index is 2.21. The first-order valence-corrected chi connectivity index (χ1v) is 6.74. The lowest BCUT2D eigenvalue weighted by molar-refractivity contribution is -0.142. The third kappa shape index (κ3) is 6.16. The molecule has 1 heterocycles. The maximum atomic E-state index is 11.6. The van der Waals surface area contributed by atoms with Crippen LogP contribution in [0.25, 0.3) is 0 Å². The minimum absolute atomic E-state index is 0.111. The molecule has 1 aromatic heterocycles. The quantitative estimate of drug-likeness (QED) is 0.619. The summed E-state index contributed by atoms with van der Waals surface area (Å²) < 4.78 is 4.80. The molecule has 7 nitrogen and oxygen atoms in total. The van der Waals surface area contributed by atoms with Crippen molar-refractivity contribution in [1.82, 2.24) is 15.6 Å². The number of aliphatic carboxylic acids is 1. The molecule has 0 aliphatic heterocycles. The lowest BCUT2D eigenvalue weighted by atomic mass is 10.2. The number of hydrogen-bond acceptors (Lipinski definition) is 5. The van der Waals surface area contributed by atoms with Gasteiger partial charge in [-0.2, -0.15) is 0 Å². The molecule has 1 atom stereocenters. The summed E-state index contributed by atoms with van der Waals surface area (Å²) in [6, 6.07) is -0.430. The Hall–Kier alpha value is -1.67. The van der Waals surface area contributed by atoms with Gasteiger partial charge in [0.2, 0.25) is 0 Å². The number of carbonyl (C=O) groups excluding carboxylic acids is 1. The molecule has 0 aliphatic rings. The first-order valence-electron chi connectivity index (χ1n) is 5.86. The summed E-state index contributed by atoms with van der Waals surface area (Å²) in [4.78, 5) is 25.9. The molecule has 0 fully saturated rings. The van der Waals surface area contributed by atoms with Crippen LogP contribution in [0.15, 0.2) is 11.6 Å². The first-order chi connectivity index (χ1) is 9.13. The molecular formula is C11H17N3O4S. The number of nitrogens with zero attached hydrogens (tertiary/aromatic N) is 1. The van der Waals surface area contributed by atoms with Gasteiger partial charge in [0.05, 0.1) is 12.6 Å². The smallest absolute Gasteiger partial charge is 0.329 e. The Bertz CT molecular complexity index is 397. The summed E-state index contributed by atoms with van der Waals surface area (Å²) in [6.45, 7) is 2.02. The van der Waals surface area contributed by atoms with E-state index in [0.29, 0.717) is 0 Å². The molecule has 1 rings (SSSR count). The molecule has 19 heavy (non-hydrogen) atoms. The summed E-state index contributed by atoms with van der Waals surface area (Å²) in [6.07, 6.45) is 2.44. The van der Waals surface area contributed by atoms with E-state index in [9.17, 15) is 9.59 Å². The Morgan fingerprint density at radius 2 is 2.37 bits per heavy atom. The molecule has 0 bridgehead atoms. The summed E-state index contributed by atoms with van der Waals surface area (Å²) >= 11 is 1.49. The number of nitrogens with one attached hydrogen (secondary N) is 2. The highest BCUT2D eigenvalue weighted by atomic mass is 32.1. The second-order valence-corrected chi connectivity index (χ2v) is 4.60. The van der Waals surface area contributed by atoms with Gasteiger partial charge < -0.3 is 20.5 Å². The van der Waals surface area contributed by atoms with E-state index < -0.39 is 5.97 Å². The highest BCUT2D eigenvalue weighted by Crippen LogP contribution is 2.18. The SMILES string of the molecule is CCC(NC(=O)NCCOCC(=O)O)c1nccs1. The van der Waals surface area contributed by atoms with Crippen molar-refractivity contribution in [2.45, 2.75) is 19.4 Å². The van der Waals surface area contributed by atoms with Gasteiger partial charge in [0.1, 0.15) is 11.6 Å². The molecule has 0 saturated heterocycles. The number of rotatable bonds is 8. The van der Waals surface area contributed by atoms with Gasteiger partial charge in [0, 0.05) is 18.1 Å².